The normalized spacial score (nSPS) is 18.5. The van der Waals surface area contributed by atoms with E-state index in [2.05, 4.69) is 54.9 Å². The van der Waals surface area contributed by atoms with Crippen molar-refractivity contribution in [3.05, 3.63) is 47.7 Å². The van der Waals surface area contributed by atoms with Crippen molar-refractivity contribution in [2.75, 3.05) is 42.5 Å². The molecule has 6 heteroatoms. The largest absolute Gasteiger partial charge is 0.487 e. The number of hydrogen-bond acceptors (Lipinski definition) is 4. The number of fused-ring (bicyclic) bond motifs is 1. The second-order valence-corrected chi connectivity index (χ2v) is 8.48. The van der Waals surface area contributed by atoms with Gasteiger partial charge in [0.05, 0.1) is 12.2 Å². The summed E-state index contributed by atoms with van der Waals surface area (Å²) in [7, 11) is 0. The third-order valence-corrected chi connectivity index (χ3v) is 6.03. The van der Waals surface area contributed by atoms with Crippen molar-refractivity contribution in [3.63, 3.8) is 0 Å². The molecule has 6 nitrogen and oxygen atoms in total. The Labute approximate surface area is 179 Å². The molecule has 1 aromatic heterocycles. The second-order valence-electron chi connectivity index (χ2n) is 8.48. The highest BCUT2D eigenvalue weighted by Gasteiger charge is 2.37. The average molecular weight is 409 g/mol. The van der Waals surface area contributed by atoms with E-state index in [1.165, 1.54) is 11.1 Å². The van der Waals surface area contributed by atoms with Crippen LogP contribution < -0.4 is 14.5 Å². The Morgan fingerprint density at radius 3 is 2.67 bits per heavy atom. The summed E-state index contributed by atoms with van der Waals surface area (Å²) in [6, 6.07) is 10.4. The maximum absolute atomic E-state index is 13.2. The van der Waals surface area contributed by atoms with E-state index in [-0.39, 0.29) is 12.1 Å². The van der Waals surface area contributed by atoms with Gasteiger partial charge in [-0.15, -0.1) is 0 Å². The fourth-order valence-electron chi connectivity index (χ4n) is 4.24. The molecule has 1 saturated heterocycles. The van der Waals surface area contributed by atoms with E-state index < -0.39 is 0 Å². The Kier molecular flexibility index (Phi) is 5.84. The standard InChI is InChI=1S/C24H32N4O2/c1-5-19-8-9-21-22(11-19)30-18(4)13-28(21)24(29)27-15-20(16-27)14-26(6-2)23-10-7-17(3)12-25-23/h7-12,18,20H,5-6,13-16H2,1-4H3. The predicted molar refractivity (Wildman–Crippen MR) is 121 cm³/mol. The Bertz CT molecular complexity index is 893. The Morgan fingerprint density at radius 1 is 1.20 bits per heavy atom. The number of urea groups is 1. The third kappa shape index (κ3) is 4.09. The lowest BCUT2D eigenvalue weighted by Crippen LogP contribution is -2.59. The van der Waals surface area contributed by atoms with Crippen molar-refractivity contribution >= 4 is 17.5 Å². The quantitative estimate of drug-likeness (QED) is 0.747. The van der Waals surface area contributed by atoms with E-state index in [9.17, 15) is 4.79 Å². The highest BCUT2D eigenvalue weighted by Crippen LogP contribution is 2.36. The van der Waals surface area contributed by atoms with Crippen LogP contribution in [0.2, 0.25) is 0 Å². The van der Waals surface area contributed by atoms with Gasteiger partial charge in [-0.05, 0) is 56.5 Å². The van der Waals surface area contributed by atoms with Gasteiger partial charge in [0.15, 0.2) is 0 Å². The highest BCUT2D eigenvalue weighted by atomic mass is 16.5. The maximum Gasteiger partial charge on any atom is 0.324 e. The number of likely N-dealkylation sites (tertiary alicyclic amines) is 1. The summed E-state index contributed by atoms with van der Waals surface area (Å²) >= 11 is 0. The number of amides is 2. The first-order valence-corrected chi connectivity index (χ1v) is 11.0. The minimum Gasteiger partial charge on any atom is -0.487 e. The number of aryl methyl sites for hydroxylation is 2. The number of benzene rings is 1. The molecule has 1 fully saturated rings. The molecule has 2 aliphatic heterocycles. The van der Waals surface area contributed by atoms with E-state index in [1.807, 2.05) is 29.0 Å². The van der Waals surface area contributed by atoms with Crippen LogP contribution >= 0.6 is 0 Å². The molecule has 2 aromatic rings. The van der Waals surface area contributed by atoms with Gasteiger partial charge in [0.1, 0.15) is 17.7 Å². The molecule has 3 heterocycles. The van der Waals surface area contributed by atoms with Crippen LogP contribution in [0.25, 0.3) is 0 Å². The number of carbonyl (C=O) groups is 1. The smallest absolute Gasteiger partial charge is 0.324 e. The Hall–Kier alpha value is -2.76. The molecule has 0 bridgehead atoms. The highest BCUT2D eigenvalue weighted by molar-refractivity contribution is 5.94. The number of pyridine rings is 1. The molecule has 160 valence electrons. The molecule has 0 aliphatic carbocycles. The second kappa shape index (κ2) is 8.54. The van der Waals surface area contributed by atoms with Crippen molar-refractivity contribution in [1.29, 1.82) is 0 Å². The van der Waals surface area contributed by atoms with E-state index in [4.69, 9.17) is 4.74 Å². The topological polar surface area (TPSA) is 48.9 Å². The first kappa shape index (κ1) is 20.5. The molecular weight excluding hydrogens is 376 g/mol. The lowest BCUT2D eigenvalue weighted by atomic mass is 9.99. The molecule has 0 radical (unpaired) electrons. The van der Waals surface area contributed by atoms with Crippen LogP contribution in [0.1, 0.15) is 31.9 Å². The van der Waals surface area contributed by atoms with Crippen molar-refractivity contribution in [2.24, 2.45) is 5.92 Å². The van der Waals surface area contributed by atoms with Gasteiger partial charge in [0.2, 0.25) is 0 Å². The zero-order valence-corrected chi connectivity index (χ0v) is 18.5. The molecule has 1 atom stereocenters. The summed E-state index contributed by atoms with van der Waals surface area (Å²) in [6.07, 6.45) is 2.86. The lowest BCUT2D eigenvalue weighted by molar-refractivity contribution is 0.123. The van der Waals surface area contributed by atoms with Gasteiger partial charge in [-0.25, -0.2) is 9.78 Å². The number of ether oxygens (including phenoxy) is 1. The van der Waals surface area contributed by atoms with Crippen LogP contribution in [0.3, 0.4) is 0 Å². The zero-order chi connectivity index (χ0) is 21.3. The number of anilines is 2. The third-order valence-electron chi connectivity index (χ3n) is 6.03. The van der Waals surface area contributed by atoms with Crippen molar-refractivity contribution in [2.45, 2.75) is 40.2 Å². The number of nitrogens with zero attached hydrogens (tertiary/aromatic N) is 4. The van der Waals surface area contributed by atoms with Gasteiger partial charge in [0.25, 0.3) is 0 Å². The van der Waals surface area contributed by atoms with Gasteiger partial charge < -0.3 is 14.5 Å². The van der Waals surface area contributed by atoms with E-state index >= 15 is 0 Å². The van der Waals surface area contributed by atoms with Gasteiger partial charge in [0, 0.05) is 38.3 Å². The van der Waals surface area contributed by atoms with Crippen LogP contribution in [0.4, 0.5) is 16.3 Å². The van der Waals surface area contributed by atoms with Gasteiger partial charge in [-0.2, -0.15) is 0 Å². The first-order valence-electron chi connectivity index (χ1n) is 11.0. The molecule has 2 amide bonds. The van der Waals surface area contributed by atoms with Crippen molar-refractivity contribution in [3.8, 4) is 5.75 Å². The number of rotatable bonds is 5. The summed E-state index contributed by atoms with van der Waals surface area (Å²) in [6.45, 7) is 12.4. The van der Waals surface area contributed by atoms with Gasteiger partial charge in [-0.3, -0.25) is 4.90 Å². The molecule has 4 rings (SSSR count). The first-order chi connectivity index (χ1) is 14.5. The number of hydrogen-bond donors (Lipinski definition) is 0. The fourth-order valence-corrected chi connectivity index (χ4v) is 4.24. The molecule has 2 aliphatic rings. The SMILES string of the molecule is CCc1ccc2c(c1)OC(C)CN2C(=O)N1CC(CN(CC)c2ccc(C)cn2)C1. The van der Waals surface area contributed by atoms with E-state index in [1.54, 1.807) is 0 Å². The van der Waals surface area contributed by atoms with Crippen LogP contribution in [0.5, 0.6) is 5.75 Å². The maximum atomic E-state index is 13.2. The summed E-state index contributed by atoms with van der Waals surface area (Å²) < 4.78 is 6.01. The Balaban J connectivity index is 1.39. The minimum absolute atomic E-state index is 0.00572. The van der Waals surface area contributed by atoms with Crippen LogP contribution in [0, 0.1) is 12.8 Å². The Morgan fingerprint density at radius 2 is 2.00 bits per heavy atom. The monoisotopic (exact) mass is 408 g/mol. The summed E-state index contributed by atoms with van der Waals surface area (Å²) in [5.41, 5.74) is 3.28. The summed E-state index contributed by atoms with van der Waals surface area (Å²) in [5.74, 6) is 2.30. The average Bonchev–Trinajstić information content (AvgIpc) is 2.72. The van der Waals surface area contributed by atoms with Crippen molar-refractivity contribution < 1.29 is 9.53 Å². The fraction of sp³-hybridized carbons (Fsp3) is 0.500. The molecule has 0 N–H and O–H groups in total. The minimum atomic E-state index is -0.00572. The predicted octanol–water partition coefficient (Wildman–Crippen LogP) is 4.12. The van der Waals surface area contributed by atoms with Gasteiger partial charge in [-0.1, -0.05) is 19.1 Å². The van der Waals surface area contributed by atoms with Crippen LogP contribution in [0.15, 0.2) is 36.5 Å². The molecule has 0 spiro atoms. The molecule has 1 aromatic carbocycles. The number of carbonyl (C=O) groups excluding carboxylic acids is 1. The molecule has 1 unspecified atom stereocenters. The van der Waals surface area contributed by atoms with Crippen LogP contribution in [-0.2, 0) is 6.42 Å². The number of aromatic nitrogens is 1. The van der Waals surface area contributed by atoms with Crippen molar-refractivity contribution in [1.82, 2.24) is 9.88 Å². The summed E-state index contributed by atoms with van der Waals surface area (Å²) in [4.78, 5) is 23.9. The van der Waals surface area contributed by atoms with Crippen LogP contribution in [-0.4, -0.2) is 54.7 Å². The van der Waals surface area contributed by atoms with E-state index in [0.717, 1.165) is 49.9 Å². The lowest BCUT2D eigenvalue weighted by Gasteiger charge is -2.45. The molecular formula is C24H32N4O2. The van der Waals surface area contributed by atoms with E-state index in [0.29, 0.717) is 12.5 Å². The van der Waals surface area contributed by atoms with Gasteiger partial charge >= 0.3 is 6.03 Å². The molecule has 30 heavy (non-hydrogen) atoms. The summed E-state index contributed by atoms with van der Waals surface area (Å²) in [5, 5.41) is 0. The molecule has 0 saturated carbocycles. The zero-order valence-electron chi connectivity index (χ0n) is 18.5.